The minimum atomic E-state index is -0.334. The zero-order valence-electron chi connectivity index (χ0n) is 15.5. The van der Waals surface area contributed by atoms with Gasteiger partial charge in [0, 0.05) is 11.1 Å². The maximum atomic E-state index is 13.0. The van der Waals surface area contributed by atoms with Crippen LogP contribution < -0.4 is 4.74 Å². The second-order valence-corrected chi connectivity index (χ2v) is 6.50. The number of ketones is 2. The van der Waals surface area contributed by atoms with Crippen LogP contribution in [0.1, 0.15) is 38.8 Å². The second-order valence-electron chi connectivity index (χ2n) is 6.50. The molecule has 0 spiro atoms. The molecule has 0 fully saturated rings. The fourth-order valence-electron chi connectivity index (χ4n) is 2.79. The summed E-state index contributed by atoms with van der Waals surface area (Å²) in [7, 11) is 5.37. The molecule has 4 nitrogen and oxygen atoms in total. The Kier molecular flexibility index (Phi) is 6.10. The van der Waals surface area contributed by atoms with Crippen LogP contribution in [0.4, 0.5) is 0 Å². The number of methoxy groups -OCH3 is 1. The first-order valence-corrected chi connectivity index (χ1v) is 8.28. The first-order valence-electron chi connectivity index (χ1n) is 8.28. The molecule has 0 saturated carbocycles. The predicted octanol–water partition coefficient (Wildman–Crippen LogP) is 3.56. The van der Waals surface area contributed by atoms with E-state index in [9.17, 15) is 9.59 Å². The van der Waals surface area contributed by atoms with Crippen molar-refractivity contribution in [2.75, 3.05) is 21.2 Å². The van der Waals surface area contributed by atoms with Crippen molar-refractivity contribution in [3.8, 4) is 5.75 Å². The molecule has 2 aromatic carbocycles. The molecule has 132 valence electrons. The number of carbonyl (C=O) groups excluding carboxylic acids is 2. The van der Waals surface area contributed by atoms with Gasteiger partial charge in [-0.3, -0.25) is 14.5 Å². The summed E-state index contributed by atoms with van der Waals surface area (Å²) in [6.07, 6.45) is 0.476. The van der Waals surface area contributed by atoms with Gasteiger partial charge in [0.25, 0.3) is 0 Å². The van der Waals surface area contributed by atoms with Crippen molar-refractivity contribution in [1.82, 2.24) is 4.90 Å². The Morgan fingerprint density at radius 3 is 2.16 bits per heavy atom. The third-order valence-corrected chi connectivity index (χ3v) is 4.36. The van der Waals surface area contributed by atoms with E-state index in [0.29, 0.717) is 23.3 Å². The number of carbonyl (C=O) groups is 2. The van der Waals surface area contributed by atoms with Gasteiger partial charge in [0.15, 0.2) is 11.6 Å². The van der Waals surface area contributed by atoms with Gasteiger partial charge >= 0.3 is 0 Å². The third kappa shape index (κ3) is 4.54. The molecule has 2 rings (SSSR count). The molecule has 1 atom stereocenters. The van der Waals surface area contributed by atoms with Gasteiger partial charge < -0.3 is 4.74 Å². The number of Topliss-reactive ketones (excluding diaryl/α,β-unsaturated/α-hetero) is 2. The Bertz CT molecular complexity index is 763. The number of likely N-dealkylation sites (N-methyl/N-ethyl adjacent to an activating group) is 1. The van der Waals surface area contributed by atoms with E-state index in [0.717, 1.165) is 11.1 Å². The molecule has 0 aliphatic heterocycles. The summed E-state index contributed by atoms with van der Waals surface area (Å²) in [5.41, 5.74) is 3.28. The molecular formula is C21H25NO3. The van der Waals surface area contributed by atoms with Crippen LogP contribution in [-0.2, 0) is 6.42 Å². The number of benzene rings is 2. The zero-order chi connectivity index (χ0) is 18.6. The molecule has 0 N–H and O–H groups in total. The summed E-state index contributed by atoms with van der Waals surface area (Å²) in [4.78, 5) is 26.6. The van der Waals surface area contributed by atoms with E-state index in [-0.39, 0.29) is 17.6 Å². The van der Waals surface area contributed by atoms with E-state index in [4.69, 9.17) is 4.74 Å². The van der Waals surface area contributed by atoms with Gasteiger partial charge in [0.2, 0.25) is 0 Å². The molecule has 0 heterocycles. The maximum absolute atomic E-state index is 13.0. The van der Waals surface area contributed by atoms with E-state index < -0.39 is 0 Å². The first-order chi connectivity index (χ1) is 11.8. The fourth-order valence-corrected chi connectivity index (χ4v) is 2.79. The Morgan fingerprint density at radius 1 is 1.04 bits per heavy atom. The van der Waals surface area contributed by atoms with E-state index in [1.165, 1.54) is 6.92 Å². The lowest BCUT2D eigenvalue weighted by molar-refractivity contribution is 0.0874. The van der Waals surface area contributed by atoms with Crippen LogP contribution in [0.25, 0.3) is 0 Å². The number of hydrogen-bond donors (Lipinski definition) is 0. The summed E-state index contributed by atoms with van der Waals surface area (Å²) < 4.78 is 5.42. The largest absolute Gasteiger partial charge is 0.496 e. The molecule has 0 unspecified atom stereocenters. The highest BCUT2D eigenvalue weighted by atomic mass is 16.5. The van der Waals surface area contributed by atoms with Crippen molar-refractivity contribution in [3.05, 3.63) is 64.7 Å². The van der Waals surface area contributed by atoms with Crippen molar-refractivity contribution in [1.29, 1.82) is 0 Å². The lowest BCUT2D eigenvalue weighted by atomic mass is 9.94. The predicted molar refractivity (Wildman–Crippen MR) is 99.7 cm³/mol. The van der Waals surface area contributed by atoms with E-state index in [1.807, 2.05) is 56.3 Å². The molecule has 0 bridgehead atoms. The topological polar surface area (TPSA) is 46.6 Å². The van der Waals surface area contributed by atoms with Gasteiger partial charge in [0.05, 0.1) is 13.2 Å². The molecule has 0 amide bonds. The fraction of sp³-hybridized carbons (Fsp3) is 0.333. The molecule has 2 aromatic rings. The number of nitrogens with zero attached hydrogens (tertiary/aromatic N) is 1. The smallest absolute Gasteiger partial charge is 0.180 e. The van der Waals surface area contributed by atoms with Crippen LogP contribution in [0, 0.1) is 6.92 Å². The lowest BCUT2D eigenvalue weighted by Crippen LogP contribution is -2.37. The van der Waals surface area contributed by atoms with E-state index in [2.05, 4.69) is 0 Å². The number of hydrogen-bond acceptors (Lipinski definition) is 4. The van der Waals surface area contributed by atoms with Gasteiger partial charge in [-0.25, -0.2) is 0 Å². The average Bonchev–Trinajstić information content (AvgIpc) is 2.59. The van der Waals surface area contributed by atoms with Gasteiger partial charge in [0.1, 0.15) is 5.75 Å². The summed E-state index contributed by atoms with van der Waals surface area (Å²) in [6, 6.07) is 12.6. The first kappa shape index (κ1) is 18.9. The minimum Gasteiger partial charge on any atom is -0.496 e. The molecule has 25 heavy (non-hydrogen) atoms. The molecular weight excluding hydrogens is 314 g/mol. The van der Waals surface area contributed by atoms with Crippen LogP contribution in [0.3, 0.4) is 0 Å². The Balaban J connectivity index is 2.36. The second kappa shape index (κ2) is 8.08. The van der Waals surface area contributed by atoms with Crippen molar-refractivity contribution in [2.45, 2.75) is 26.3 Å². The molecule has 0 saturated heterocycles. The Hall–Kier alpha value is -2.46. The lowest BCUT2D eigenvalue weighted by Gasteiger charge is -2.24. The van der Waals surface area contributed by atoms with Crippen LogP contribution in [0.5, 0.6) is 5.75 Å². The highest BCUT2D eigenvalue weighted by Crippen LogP contribution is 2.24. The standard InChI is InChI=1S/C21H25NO3/c1-14-6-8-16(9-7-14)21(24)19(22(3)4)13-18-12-17(15(2)23)10-11-20(18)25-5/h6-12,19H,13H2,1-5H3/t19-/m0/s1. The van der Waals surface area contributed by atoms with E-state index >= 15 is 0 Å². The molecule has 0 aromatic heterocycles. The summed E-state index contributed by atoms with van der Waals surface area (Å²) in [6.45, 7) is 3.53. The van der Waals surface area contributed by atoms with Crippen LogP contribution in [0.2, 0.25) is 0 Å². The Labute approximate surface area is 149 Å². The highest BCUT2D eigenvalue weighted by molar-refractivity contribution is 6.00. The number of aryl methyl sites for hydroxylation is 1. The quantitative estimate of drug-likeness (QED) is 0.724. The molecule has 0 aliphatic rings. The molecule has 0 radical (unpaired) electrons. The van der Waals surface area contributed by atoms with Crippen LogP contribution in [-0.4, -0.2) is 43.7 Å². The Morgan fingerprint density at radius 2 is 1.64 bits per heavy atom. The number of ether oxygens (including phenoxy) is 1. The van der Waals surface area contributed by atoms with Gasteiger partial charge in [-0.15, -0.1) is 0 Å². The normalized spacial score (nSPS) is 12.1. The zero-order valence-corrected chi connectivity index (χ0v) is 15.5. The van der Waals surface area contributed by atoms with Crippen LogP contribution >= 0.6 is 0 Å². The van der Waals surface area contributed by atoms with Gasteiger partial charge in [-0.05, 0) is 58.1 Å². The molecule has 4 heteroatoms. The third-order valence-electron chi connectivity index (χ3n) is 4.36. The minimum absolute atomic E-state index is 0.00447. The summed E-state index contributed by atoms with van der Waals surface area (Å²) >= 11 is 0. The van der Waals surface area contributed by atoms with Crippen molar-refractivity contribution in [3.63, 3.8) is 0 Å². The molecule has 0 aliphatic carbocycles. The van der Waals surface area contributed by atoms with E-state index in [1.54, 1.807) is 19.2 Å². The van der Waals surface area contributed by atoms with Crippen molar-refractivity contribution >= 4 is 11.6 Å². The monoisotopic (exact) mass is 339 g/mol. The number of rotatable bonds is 7. The maximum Gasteiger partial charge on any atom is 0.180 e. The average molecular weight is 339 g/mol. The summed E-state index contributed by atoms with van der Waals surface area (Å²) in [5.74, 6) is 0.740. The SMILES string of the molecule is COc1ccc(C(C)=O)cc1C[C@@H](C(=O)c1ccc(C)cc1)N(C)C. The van der Waals surface area contributed by atoms with Gasteiger partial charge in [-0.1, -0.05) is 29.8 Å². The van der Waals surface area contributed by atoms with Gasteiger partial charge in [-0.2, -0.15) is 0 Å². The summed E-state index contributed by atoms with van der Waals surface area (Å²) in [5, 5.41) is 0. The van der Waals surface area contributed by atoms with Crippen LogP contribution in [0.15, 0.2) is 42.5 Å². The highest BCUT2D eigenvalue weighted by Gasteiger charge is 2.24. The van der Waals surface area contributed by atoms with Crippen molar-refractivity contribution in [2.24, 2.45) is 0 Å². The van der Waals surface area contributed by atoms with Crippen molar-refractivity contribution < 1.29 is 14.3 Å².